The molecule has 0 aliphatic carbocycles. The topological polar surface area (TPSA) is 69.4 Å². The molecule has 0 fully saturated rings. The van der Waals surface area contributed by atoms with Gasteiger partial charge in [0.15, 0.2) is 5.78 Å². The Kier molecular flexibility index (Phi) is 3.62. The van der Waals surface area contributed by atoms with Crippen LogP contribution in [0.15, 0.2) is 0 Å². The Morgan fingerprint density at radius 3 is 2.33 bits per heavy atom. The lowest BCUT2D eigenvalue weighted by Gasteiger charge is -1.94. The predicted molar refractivity (Wildman–Crippen MR) is 30.7 cm³/mol. The van der Waals surface area contributed by atoms with E-state index in [9.17, 15) is 9.59 Å². The van der Waals surface area contributed by atoms with Crippen molar-refractivity contribution in [3.63, 3.8) is 0 Å². The van der Waals surface area contributed by atoms with E-state index in [4.69, 9.17) is 5.73 Å². The van der Waals surface area contributed by atoms with Gasteiger partial charge in [-0.3, -0.25) is 9.59 Å². The first-order valence-corrected chi connectivity index (χ1v) is 2.48. The first kappa shape index (κ1) is 8.10. The molecular weight excluding hydrogens is 122 g/mol. The van der Waals surface area contributed by atoms with E-state index >= 15 is 0 Å². The van der Waals surface area contributed by atoms with Gasteiger partial charge in [0, 0.05) is 0 Å². The SMILES string of the molecule is CC(=O)COCC(N)=O. The molecule has 0 saturated carbocycles. The summed E-state index contributed by atoms with van der Waals surface area (Å²) in [5.41, 5.74) is 4.70. The largest absolute Gasteiger partial charge is 0.368 e. The molecule has 0 atom stereocenters. The van der Waals surface area contributed by atoms with Crippen LogP contribution in [-0.4, -0.2) is 24.9 Å². The molecule has 0 aromatic carbocycles. The van der Waals surface area contributed by atoms with Crippen LogP contribution in [0.25, 0.3) is 0 Å². The van der Waals surface area contributed by atoms with E-state index in [2.05, 4.69) is 4.74 Å². The highest BCUT2D eigenvalue weighted by atomic mass is 16.5. The van der Waals surface area contributed by atoms with Gasteiger partial charge in [-0.25, -0.2) is 0 Å². The second kappa shape index (κ2) is 4.03. The van der Waals surface area contributed by atoms with Gasteiger partial charge in [-0.2, -0.15) is 0 Å². The van der Waals surface area contributed by atoms with Crippen LogP contribution in [0.1, 0.15) is 6.92 Å². The normalized spacial score (nSPS) is 9.00. The van der Waals surface area contributed by atoms with Crippen LogP contribution < -0.4 is 5.73 Å². The number of nitrogens with two attached hydrogens (primary N) is 1. The van der Waals surface area contributed by atoms with Gasteiger partial charge in [-0.1, -0.05) is 0 Å². The number of ether oxygens (including phenoxy) is 1. The van der Waals surface area contributed by atoms with Crippen molar-refractivity contribution in [2.24, 2.45) is 5.73 Å². The maximum atomic E-state index is 10.1. The van der Waals surface area contributed by atoms with Gasteiger partial charge in [0.25, 0.3) is 0 Å². The van der Waals surface area contributed by atoms with Crippen LogP contribution in [0.2, 0.25) is 0 Å². The molecule has 9 heavy (non-hydrogen) atoms. The summed E-state index contributed by atoms with van der Waals surface area (Å²) in [4.78, 5) is 20.1. The summed E-state index contributed by atoms with van der Waals surface area (Å²) in [5.74, 6) is -0.674. The fourth-order valence-corrected chi connectivity index (χ4v) is 0.295. The van der Waals surface area contributed by atoms with Gasteiger partial charge < -0.3 is 10.5 Å². The Balaban J connectivity index is 3.10. The second-order valence-electron chi connectivity index (χ2n) is 1.66. The van der Waals surface area contributed by atoms with E-state index in [1.165, 1.54) is 6.92 Å². The molecule has 4 nitrogen and oxygen atoms in total. The molecule has 0 aromatic rings. The average molecular weight is 131 g/mol. The summed E-state index contributed by atoms with van der Waals surface area (Å²) >= 11 is 0. The van der Waals surface area contributed by atoms with Crippen molar-refractivity contribution in [1.82, 2.24) is 0 Å². The minimum Gasteiger partial charge on any atom is -0.368 e. The first-order chi connectivity index (χ1) is 4.13. The highest BCUT2D eigenvalue weighted by Crippen LogP contribution is 1.73. The van der Waals surface area contributed by atoms with Crippen LogP contribution in [0.5, 0.6) is 0 Å². The van der Waals surface area contributed by atoms with Crippen LogP contribution in [0.4, 0.5) is 0 Å². The fourth-order valence-electron chi connectivity index (χ4n) is 0.295. The van der Waals surface area contributed by atoms with Gasteiger partial charge in [-0.05, 0) is 6.92 Å². The van der Waals surface area contributed by atoms with Crippen molar-refractivity contribution in [3.8, 4) is 0 Å². The van der Waals surface area contributed by atoms with Gasteiger partial charge in [-0.15, -0.1) is 0 Å². The van der Waals surface area contributed by atoms with Crippen LogP contribution in [0, 0.1) is 0 Å². The summed E-state index contributed by atoms with van der Waals surface area (Å²) in [6.07, 6.45) is 0. The number of primary amides is 1. The third kappa shape index (κ3) is 7.10. The van der Waals surface area contributed by atoms with Gasteiger partial charge >= 0.3 is 0 Å². The lowest BCUT2D eigenvalue weighted by Crippen LogP contribution is -2.19. The summed E-state index contributed by atoms with van der Waals surface area (Å²) in [6, 6.07) is 0. The molecule has 0 aliphatic heterocycles. The van der Waals surface area contributed by atoms with Crippen molar-refractivity contribution < 1.29 is 14.3 Å². The van der Waals surface area contributed by atoms with Crippen LogP contribution >= 0.6 is 0 Å². The summed E-state index contributed by atoms with van der Waals surface area (Å²) in [6.45, 7) is 1.16. The molecule has 52 valence electrons. The maximum Gasteiger partial charge on any atom is 0.243 e. The van der Waals surface area contributed by atoms with Crippen molar-refractivity contribution in [3.05, 3.63) is 0 Å². The van der Waals surface area contributed by atoms with E-state index in [0.717, 1.165) is 0 Å². The van der Waals surface area contributed by atoms with E-state index in [1.807, 2.05) is 0 Å². The zero-order valence-corrected chi connectivity index (χ0v) is 5.22. The van der Waals surface area contributed by atoms with Crippen molar-refractivity contribution in [2.75, 3.05) is 13.2 Å². The van der Waals surface area contributed by atoms with E-state index in [0.29, 0.717) is 0 Å². The van der Waals surface area contributed by atoms with Crippen molar-refractivity contribution in [1.29, 1.82) is 0 Å². The smallest absolute Gasteiger partial charge is 0.243 e. The molecule has 1 amide bonds. The average Bonchev–Trinajstić information content (AvgIpc) is 1.63. The third-order valence-electron chi connectivity index (χ3n) is 0.550. The molecule has 0 unspecified atom stereocenters. The highest BCUT2D eigenvalue weighted by molar-refractivity contribution is 5.78. The van der Waals surface area contributed by atoms with Crippen LogP contribution in [-0.2, 0) is 14.3 Å². The van der Waals surface area contributed by atoms with Crippen LogP contribution in [0.3, 0.4) is 0 Å². The van der Waals surface area contributed by atoms with Gasteiger partial charge in [0.05, 0.1) is 0 Å². The number of hydrogen-bond acceptors (Lipinski definition) is 3. The van der Waals surface area contributed by atoms with Gasteiger partial charge in [0.2, 0.25) is 5.91 Å². The Labute approximate surface area is 53.0 Å². The number of amides is 1. The molecule has 0 saturated heterocycles. The number of carbonyl (C=O) groups is 2. The standard InChI is InChI=1S/C5H9NO3/c1-4(7)2-9-3-5(6)8/h2-3H2,1H3,(H2,6,8). The number of ketones is 1. The maximum absolute atomic E-state index is 10.1. The van der Waals surface area contributed by atoms with E-state index in [1.54, 1.807) is 0 Å². The molecule has 0 spiro atoms. The summed E-state index contributed by atoms with van der Waals surface area (Å²) < 4.78 is 4.53. The van der Waals surface area contributed by atoms with Crippen molar-refractivity contribution in [2.45, 2.75) is 6.92 Å². The molecule has 0 aromatic heterocycles. The quantitative estimate of drug-likeness (QED) is 0.536. The highest BCUT2D eigenvalue weighted by Gasteiger charge is 1.95. The Morgan fingerprint density at radius 2 is 2.00 bits per heavy atom. The molecule has 0 radical (unpaired) electrons. The minimum absolute atomic E-state index is 0.0388. The number of hydrogen-bond donors (Lipinski definition) is 1. The zero-order chi connectivity index (χ0) is 7.28. The molecule has 0 rings (SSSR count). The summed E-state index contributed by atoms with van der Waals surface area (Å²) in [7, 11) is 0. The fraction of sp³-hybridized carbons (Fsp3) is 0.600. The van der Waals surface area contributed by atoms with Gasteiger partial charge in [0.1, 0.15) is 13.2 Å². The zero-order valence-electron chi connectivity index (χ0n) is 5.22. The Bertz CT molecular complexity index is 107. The number of rotatable bonds is 4. The minimum atomic E-state index is -0.559. The lowest BCUT2D eigenvalue weighted by molar-refractivity contribution is -0.126. The van der Waals surface area contributed by atoms with E-state index in [-0.39, 0.29) is 19.0 Å². The molecule has 0 bridgehead atoms. The third-order valence-corrected chi connectivity index (χ3v) is 0.550. The Morgan fingerprint density at radius 1 is 1.44 bits per heavy atom. The molecular formula is C5H9NO3. The molecule has 4 heteroatoms. The van der Waals surface area contributed by atoms with Crippen molar-refractivity contribution >= 4 is 11.7 Å². The lowest BCUT2D eigenvalue weighted by atomic mass is 10.5. The number of carbonyl (C=O) groups excluding carboxylic acids is 2. The Hall–Kier alpha value is -0.900. The molecule has 0 heterocycles. The first-order valence-electron chi connectivity index (χ1n) is 2.48. The molecule has 0 aliphatic rings. The summed E-state index contributed by atoms with van der Waals surface area (Å²) in [5, 5.41) is 0. The van der Waals surface area contributed by atoms with E-state index < -0.39 is 5.91 Å². The second-order valence-corrected chi connectivity index (χ2v) is 1.66. The molecule has 2 N–H and O–H groups in total. The number of Topliss-reactive ketones (excluding diaryl/α,β-unsaturated/α-hetero) is 1. The predicted octanol–water partition coefficient (Wildman–Crippen LogP) is -0.923. The monoisotopic (exact) mass is 131 g/mol.